The maximum atomic E-state index is 12.1. The number of aromatic nitrogens is 2. The molecule has 1 aromatic rings. The van der Waals surface area contributed by atoms with Crippen LogP contribution in [0.5, 0.6) is 0 Å². The van der Waals surface area contributed by atoms with E-state index in [4.69, 9.17) is 0 Å². The first-order valence-corrected chi connectivity index (χ1v) is 6.72. The van der Waals surface area contributed by atoms with Crippen molar-refractivity contribution in [2.45, 2.75) is 58.5 Å². The highest BCUT2D eigenvalue weighted by atomic mass is 19.3. The summed E-state index contributed by atoms with van der Waals surface area (Å²) in [5.41, 5.74) is 0.962. The summed E-state index contributed by atoms with van der Waals surface area (Å²) in [5, 5.41) is 7.20. The summed E-state index contributed by atoms with van der Waals surface area (Å²) >= 11 is 0. The first-order valence-electron chi connectivity index (χ1n) is 6.72. The Bertz CT molecular complexity index is 313. The van der Waals surface area contributed by atoms with Crippen molar-refractivity contribution in [1.82, 2.24) is 15.1 Å². The Morgan fingerprint density at radius 1 is 1.28 bits per heavy atom. The zero-order valence-electron chi connectivity index (χ0n) is 11.0. The third kappa shape index (κ3) is 6.69. The molecule has 18 heavy (non-hydrogen) atoms. The first-order chi connectivity index (χ1) is 8.72. The second-order valence-electron chi connectivity index (χ2n) is 4.55. The highest BCUT2D eigenvalue weighted by Crippen LogP contribution is 2.03. The molecular weight excluding hydrogens is 236 g/mol. The molecule has 0 unspecified atom stereocenters. The van der Waals surface area contributed by atoms with Crippen molar-refractivity contribution in [1.29, 1.82) is 0 Å². The van der Waals surface area contributed by atoms with Crippen LogP contribution < -0.4 is 5.32 Å². The number of hydrogen-bond acceptors (Lipinski definition) is 2. The molecule has 0 bridgehead atoms. The molecule has 0 amide bonds. The van der Waals surface area contributed by atoms with Gasteiger partial charge < -0.3 is 5.32 Å². The highest BCUT2D eigenvalue weighted by molar-refractivity contribution is 5.03. The smallest absolute Gasteiger partial charge is 0.257 e. The monoisotopic (exact) mass is 259 g/mol. The van der Waals surface area contributed by atoms with Crippen molar-refractivity contribution in [3.63, 3.8) is 0 Å². The minimum absolute atomic E-state index is 0.322. The quantitative estimate of drug-likeness (QED) is 0.654. The van der Waals surface area contributed by atoms with Gasteiger partial charge in [0.15, 0.2) is 0 Å². The molecule has 1 rings (SSSR count). The summed E-state index contributed by atoms with van der Waals surface area (Å²) in [4.78, 5) is 0. The molecule has 0 aliphatic carbocycles. The van der Waals surface area contributed by atoms with E-state index in [2.05, 4.69) is 17.3 Å². The van der Waals surface area contributed by atoms with Crippen LogP contribution in [0.3, 0.4) is 0 Å². The standard InChI is InChI=1S/C13H23F2N3/c1-2-3-4-5-6-7-16-8-12-9-17-18(10-12)11-13(14)15/h9-10,13,16H,2-8,11H2,1H3. The van der Waals surface area contributed by atoms with Gasteiger partial charge in [0, 0.05) is 18.3 Å². The molecule has 0 aliphatic heterocycles. The van der Waals surface area contributed by atoms with Crippen LogP contribution in [0.2, 0.25) is 0 Å². The fourth-order valence-corrected chi connectivity index (χ4v) is 1.83. The Kier molecular flexibility index (Phi) is 7.57. The number of rotatable bonds is 10. The van der Waals surface area contributed by atoms with Gasteiger partial charge in [0.05, 0.1) is 6.20 Å². The highest BCUT2D eigenvalue weighted by Gasteiger charge is 2.05. The number of nitrogens with zero attached hydrogens (tertiary/aromatic N) is 2. The predicted molar refractivity (Wildman–Crippen MR) is 68.7 cm³/mol. The van der Waals surface area contributed by atoms with Gasteiger partial charge in [-0.1, -0.05) is 32.6 Å². The maximum Gasteiger partial charge on any atom is 0.257 e. The second kappa shape index (κ2) is 9.03. The molecular formula is C13H23F2N3. The summed E-state index contributed by atoms with van der Waals surface area (Å²) in [6.07, 6.45) is 7.27. The van der Waals surface area contributed by atoms with Gasteiger partial charge in [0.1, 0.15) is 6.54 Å². The van der Waals surface area contributed by atoms with Crippen LogP contribution in [-0.2, 0) is 13.1 Å². The van der Waals surface area contributed by atoms with Crippen LogP contribution in [0.15, 0.2) is 12.4 Å². The van der Waals surface area contributed by atoms with E-state index < -0.39 is 6.43 Å². The number of hydrogen-bond donors (Lipinski definition) is 1. The van der Waals surface area contributed by atoms with E-state index in [0.717, 1.165) is 12.1 Å². The molecule has 3 nitrogen and oxygen atoms in total. The van der Waals surface area contributed by atoms with Crippen LogP contribution in [0.1, 0.15) is 44.6 Å². The molecule has 1 aromatic heterocycles. The topological polar surface area (TPSA) is 29.9 Å². The van der Waals surface area contributed by atoms with Gasteiger partial charge in [-0.3, -0.25) is 4.68 Å². The molecule has 0 aliphatic rings. The Morgan fingerprint density at radius 3 is 2.78 bits per heavy atom. The number of halogens is 2. The van der Waals surface area contributed by atoms with Crippen molar-refractivity contribution in [3.8, 4) is 0 Å². The summed E-state index contributed by atoms with van der Waals surface area (Å²) in [6, 6.07) is 0. The minimum Gasteiger partial charge on any atom is -0.313 e. The SMILES string of the molecule is CCCCCCCNCc1cnn(CC(F)F)c1. The molecule has 104 valence electrons. The first kappa shape index (κ1) is 15.1. The number of unbranched alkanes of at least 4 members (excludes halogenated alkanes) is 4. The van der Waals surface area contributed by atoms with E-state index in [9.17, 15) is 8.78 Å². The molecule has 0 saturated heterocycles. The Morgan fingerprint density at radius 2 is 2.06 bits per heavy atom. The minimum atomic E-state index is -2.34. The van der Waals surface area contributed by atoms with E-state index in [1.54, 1.807) is 12.4 Å². The van der Waals surface area contributed by atoms with Crippen molar-refractivity contribution in [3.05, 3.63) is 18.0 Å². The number of alkyl halides is 2. The van der Waals surface area contributed by atoms with E-state index in [0.29, 0.717) is 6.54 Å². The van der Waals surface area contributed by atoms with Crippen LogP contribution in [-0.4, -0.2) is 22.8 Å². The average molecular weight is 259 g/mol. The fourth-order valence-electron chi connectivity index (χ4n) is 1.83. The van der Waals surface area contributed by atoms with Crippen LogP contribution in [0.25, 0.3) is 0 Å². The molecule has 0 aromatic carbocycles. The normalized spacial score (nSPS) is 11.3. The Labute approximate surface area is 108 Å². The van der Waals surface area contributed by atoms with Crippen molar-refractivity contribution >= 4 is 0 Å². The lowest BCUT2D eigenvalue weighted by molar-refractivity contribution is 0.122. The summed E-state index contributed by atoms with van der Waals surface area (Å²) in [7, 11) is 0. The Balaban J connectivity index is 2.06. The summed E-state index contributed by atoms with van der Waals surface area (Å²) in [5.74, 6) is 0. The van der Waals surface area contributed by atoms with Crippen LogP contribution in [0, 0.1) is 0 Å². The van der Waals surface area contributed by atoms with Crippen molar-refractivity contribution in [2.75, 3.05) is 6.54 Å². The molecule has 5 heteroatoms. The third-order valence-corrected chi connectivity index (χ3v) is 2.80. The van der Waals surface area contributed by atoms with Crippen LogP contribution in [0.4, 0.5) is 8.78 Å². The molecule has 1 heterocycles. The van der Waals surface area contributed by atoms with Gasteiger partial charge in [-0.25, -0.2) is 8.78 Å². The zero-order chi connectivity index (χ0) is 13.2. The molecule has 0 saturated carbocycles. The van der Waals surface area contributed by atoms with Gasteiger partial charge >= 0.3 is 0 Å². The molecule has 0 fully saturated rings. The van der Waals surface area contributed by atoms with Crippen molar-refractivity contribution in [2.24, 2.45) is 0 Å². The lowest BCUT2D eigenvalue weighted by atomic mass is 10.1. The molecule has 0 spiro atoms. The van der Waals surface area contributed by atoms with Crippen molar-refractivity contribution < 1.29 is 8.78 Å². The van der Waals surface area contributed by atoms with E-state index >= 15 is 0 Å². The van der Waals surface area contributed by atoms with E-state index in [1.807, 2.05) is 0 Å². The lowest BCUT2D eigenvalue weighted by Crippen LogP contribution is -2.14. The zero-order valence-corrected chi connectivity index (χ0v) is 11.0. The van der Waals surface area contributed by atoms with E-state index in [-0.39, 0.29) is 6.54 Å². The summed E-state index contributed by atoms with van der Waals surface area (Å²) < 4.78 is 25.5. The van der Waals surface area contributed by atoms with Crippen LogP contribution >= 0.6 is 0 Å². The predicted octanol–water partition coefficient (Wildman–Crippen LogP) is 3.21. The van der Waals surface area contributed by atoms with Gasteiger partial charge in [-0.15, -0.1) is 0 Å². The van der Waals surface area contributed by atoms with E-state index in [1.165, 1.54) is 36.8 Å². The second-order valence-corrected chi connectivity index (χ2v) is 4.55. The third-order valence-electron chi connectivity index (χ3n) is 2.80. The Hall–Kier alpha value is -0.970. The summed E-state index contributed by atoms with van der Waals surface area (Å²) in [6.45, 7) is 3.56. The fraction of sp³-hybridized carbons (Fsp3) is 0.769. The largest absolute Gasteiger partial charge is 0.313 e. The average Bonchev–Trinajstić information content (AvgIpc) is 2.75. The van der Waals surface area contributed by atoms with Gasteiger partial charge in [-0.05, 0) is 13.0 Å². The van der Waals surface area contributed by atoms with Gasteiger partial charge in [0.25, 0.3) is 6.43 Å². The molecule has 0 atom stereocenters. The molecule has 0 radical (unpaired) electrons. The maximum absolute atomic E-state index is 12.1. The number of nitrogens with one attached hydrogen (secondary N) is 1. The molecule has 1 N–H and O–H groups in total. The van der Waals surface area contributed by atoms with Gasteiger partial charge in [-0.2, -0.15) is 5.10 Å². The van der Waals surface area contributed by atoms with Gasteiger partial charge in [0.2, 0.25) is 0 Å². The lowest BCUT2D eigenvalue weighted by Gasteiger charge is -2.02.